The van der Waals surface area contributed by atoms with E-state index in [9.17, 15) is 4.79 Å². The Balaban J connectivity index is 2.19. The van der Waals surface area contributed by atoms with Gasteiger partial charge in [0.05, 0.1) is 18.8 Å². The van der Waals surface area contributed by atoms with Gasteiger partial charge in [0.2, 0.25) is 0 Å². The molecule has 0 N–H and O–H groups in total. The van der Waals surface area contributed by atoms with E-state index in [0.29, 0.717) is 6.61 Å². The van der Waals surface area contributed by atoms with Gasteiger partial charge < -0.3 is 9.47 Å². The van der Waals surface area contributed by atoms with E-state index < -0.39 is 0 Å². The van der Waals surface area contributed by atoms with Gasteiger partial charge in [-0.25, -0.2) is 0 Å². The van der Waals surface area contributed by atoms with Crippen LogP contribution in [0.15, 0.2) is 23.8 Å². The predicted molar refractivity (Wildman–Crippen MR) is 51.7 cm³/mol. The summed E-state index contributed by atoms with van der Waals surface area (Å²) in [6.07, 6.45) is 5.79. The first kappa shape index (κ1) is 9.46. The van der Waals surface area contributed by atoms with Gasteiger partial charge in [-0.3, -0.25) is 4.79 Å². The first-order valence-electron chi connectivity index (χ1n) is 4.94. The highest BCUT2D eigenvalue weighted by atomic mass is 16.5. The number of carbonyl (C=O) groups is 1. The summed E-state index contributed by atoms with van der Waals surface area (Å²) in [7, 11) is 0. The molecule has 1 saturated heterocycles. The summed E-state index contributed by atoms with van der Waals surface area (Å²) < 4.78 is 10.6. The van der Waals surface area contributed by atoms with Crippen LogP contribution in [0.1, 0.15) is 13.8 Å². The van der Waals surface area contributed by atoms with Gasteiger partial charge in [0.25, 0.3) is 0 Å². The van der Waals surface area contributed by atoms with Gasteiger partial charge in [0.15, 0.2) is 0 Å². The Bertz CT molecular complexity index is 304. The molecule has 2 rings (SSSR count). The van der Waals surface area contributed by atoms with Gasteiger partial charge in [-0.05, 0) is 19.4 Å². The lowest BCUT2D eigenvalue weighted by Gasteiger charge is -2.16. The summed E-state index contributed by atoms with van der Waals surface area (Å²) in [4.78, 5) is 11.6. The van der Waals surface area contributed by atoms with Crippen molar-refractivity contribution in [2.45, 2.75) is 26.1 Å². The lowest BCUT2D eigenvalue weighted by molar-refractivity contribution is -0.147. The molecular weight excluding hydrogens is 180 g/mol. The molecule has 2 unspecified atom stereocenters. The van der Waals surface area contributed by atoms with E-state index in [4.69, 9.17) is 9.47 Å². The number of hydrogen-bond donors (Lipinski definition) is 0. The summed E-state index contributed by atoms with van der Waals surface area (Å²) in [5, 5.41) is 0. The third-order valence-corrected chi connectivity index (χ3v) is 2.67. The van der Waals surface area contributed by atoms with Crippen LogP contribution < -0.4 is 0 Å². The van der Waals surface area contributed by atoms with Gasteiger partial charge in [0, 0.05) is 0 Å². The van der Waals surface area contributed by atoms with Gasteiger partial charge in [-0.1, -0.05) is 18.2 Å². The molecule has 3 nitrogen and oxygen atoms in total. The Labute approximate surface area is 83.4 Å². The van der Waals surface area contributed by atoms with Crippen LogP contribution in [-0.2, 0) is 14.3 Å². The minimum atomic E-state index is -0.213. The number of carbonyl (C=O) groups excluding carboxylic acids is 1. The zero-order valence-electron chi connectivity index (χ0n) is 8.40. The molecule has 0 aromatic heterocycles. The molecule has 2 bridgehead atoms. The lowest BCUT2D eigenvalue weighted by atomic mass is 9.88. The van der Waals surface area contributed by atoms with Crippen molar-refractivity contribution >= 4 is 5.97 Å². The molecule has 0 radical (unpaired) electrons. The average molecular weight is 194 g/mol. The fourth-order valence-corrected chi connectivity index (χ4v) is 2.06. The Hall–Kier alpha value is -1.09. The normalized spacial score (nSPS) is 36.7. The number of esters is 1. The molecule has 0 aliphatic carbocycles. The fourth-order valence-electron chi connectivity index (χ4n) is 2.06. The molecule has 0 spiro atoms. The number of allylic oxidation sites excluding steroid dienone is 1. The van der Waals surface area contributed by atoms with Crippen LogP contribution in [0.5, 0.6) is 0 Å². The lowest BCUT2D eigenvalue weighted by Crippen LogP contribution is -2.27. The Morgan fingerprint density at radius 2 is 2.43 bits per heavy atom. The van der Waals surface area contributed by atoms with Crippen LogP contribution in [0.3, 0.4) is 0 Å². The molecule has 2 aliphatic rings. The standard InChI is InChI=1S/C11H14O3/c1-3-7-8-5-6-9(14-8)10(7)11(12)13-4-2/h3,5-6,8-10H,4H2,1-2H3/b7-3-/t8-,9?,10?/m1/s1. The molecule has 1 fully saturated rings. The molecular formula is C11H14O3. The molecule has 0 saturated carbocycles. The van der Waals surface area contributed by atoms with Gasteiger partial charge in [-0.2, -0.15) is 0 Å². The average Bonchev–Trinajstić information content (AvgIpc) is 2.76. The highest BCUT2D eigenvalue weighted by Gasteiger charge is 2.45. The maximum Gasteiger partial charge on any atom is 0.316 e. The molecule has 76 valence electrons. The monoisotopic (exact) mass is 194 g/mol. The largest absolute Gasteiger partial charge is 0.465 e. The van der Waals surface area contributed by atoms with Crippen molar-refractivity contribution in [3.63, 3.8) is 0 Å². The van der Waals surface area contributed by atoms with Crippen LogP contribution in [0.2, 0.25) is 0 Å². The summed E-state index contributed by atoms with van der Waals surface area (Å²) in [6.45, 7) is 4.17. The second-order valence-electron chi connectivity index (χ2n) is 3.42. The number of fused-ring (bicyclic) bond motifs is 2. The van der Waals surface area contributed by atoms with Crippen molar-refractivity contribution < 1.29 is 14.3 Å². The van der Waals surface area contributed by atoms with Crippen molar-refractivity contribution in [2.75, 3.05) is 6.61 Å². The smallest absolute Gasteiger partial charge is 0.316 e. The molecule has 3 heteroatoms. The minimum Gasteiger partial charge on any atom is -0.465 e. The summed E-state index contributed by atoms with van der Waals surface area (Å²) in [5.74, 6) is -0.382. The Kier molecular flexibility index (Phi) is 2.42. The third kappa shape index (κ3) is 1.28. The number of ether oxygens (including phenoxy) is 2. The number of hydrogen-bond acceptors (Lipinski definition) is 3. The van der Waals surface area contributed by atoms with Crippen LogP contribution in [0.25, 0.3) is 0 Å². The fraction of sp³-hybridized carbons (Fsp3) is 0.545. The van der Waals surface area contributed by atoms with Crippen molar-refractivity contribution in [1.82, 2.24) is 0 Å². The zero-order chi connectivity index (χ0) is 10.1. The van der Waals surface area contributed by atoms with Crippen LogP contribution in [0, 0.1) is 5.92 Å². The van der Waals surface area contributed by atoms with E-state index in [2.05, 4.69) is 0 Å². The van der Waals surface area contributed by atoms with Gasteiger partial charge in [0.1, 0.15) is 5.92 Å². The Morgan fingerprint density at radius 3 is 3.07 bits per heavy atom. The molecule has 2 aliphatic heterocycles. The maximum atomic E-state index is 11.6. The Morgan fingerprint density at radius 1 is 1.64 bits per heavy atom. The molecule has 0 aromatic carbocycles. The van der Waals surface area contributed by atoms with Crippen LogP contribution in [0.4, 0.5) is 0 Å². The first-order chi connectivity index (χ1) is 6.77. The summed E-state index contributed by atoms with van der Waals surface area (Å²) in [6, 6.07) is 0. The van der Waals surface area contributed by atoms with E-state index in [1.165, 1.54) is 0 Å². The molecule has 2 heterocycles. The second-order valence-corrected chi connectivity index (χ2v) is 3.42. The van der Waals surface area contributed by atoms with Crippen molar-refractivity contribution in [2.24, 2.45) is 5.92 Å². The van der Waals surface area contributed by atoms with E-state index in [-0.39, 0.29) is 24.1 Å². The molecule has 14 heavy (non-hydrogen) atoms. The van der Waals surface area contributed by atoms with Crippen LogP contribution >= 0.6 is 0 Å². The van der Waals surface area contributed by atoms with E-state index in [1.807, 2.05) is 32.1 Å². The third-order valence-electron chi connectivity index (χ3n) is 2.67. The highest BCUT2D eigenvalue weighted by Crippen LogP contribution is 2.39. The maximum absolute atomic E-state index is 11.6. The first-order valence-corrected chi connectivity index (χ1v) is 4.94. The quantitative estimate of drug-likeness (QED) is 0.493. The van der Waals surface area contributed by atoms with Crippen LogP contribution in [-0.4, -0.2) is 24.8 Å². The highest BCUT2D eigenvalue weighted by molar-refractivity contribution is 5.78. The van der Waals surface area contributed by atoms with Crippen molar-refractivity contribution in [3.05, 3.63) is 23.8 Å². The van der Waals surface area contributed by atoms with Crippen molar-refractivity contribution in [1.29, 1.82) is 0 Å². The van der Waals surface area contributed by atoms with E-state index >= 15 is 0 Å². The SMILES string of the molecule is C/C=C1\C(C(=O)OCC)C2C=C[C@H]1O2. The molecule has 0 aromatic rings. The van der Waals surface area contributed by atoms with Gasteiger partial charge >= 0.3 is 5.97 Å². The summed E-state index contributed by atoms with van der Waals surface area (Å²) >= 11 is 0. The second kappa shape index (κ2) is 3.58. The zero-order valence-corrected chi connectivity index (χ0v) is 8.40. The number of rotatable bonds is 2. The minimum absolute atomic E-state index is 0.000550. The summed E-state index contributed by atoms with van der Waals surface area (Å²) in [5.41, 5.74) is 1.04. The topological polar surface area (TPSA) is 35.5 Å². The molecule has 3 atom stereocenters. The predicted octanol–water partition coefficient (Wildman–Crippen LogP) is 1.45. The van der Waals surface area contributed by atoms with Crippen molar-refractivity contribution in [3.8, 4) is 0 Å². The van der Waals surface area contributed by atoms with E-state index in [0.717, 1.165) is 5.57 Å². The van der Waals surface area contributed by atoms with Gasteiger partial charge in [-0.15, -0.1) is 0 Å². The van der Waals surface area contributed by atoms with E-state index in [1.54, 1.807) is 0 Å². The molecule has 0 amide bonds.